The van der Waals surface area contributed by atoms with E-state index in [-0.39, 0.29) is 24.4 Å². The lowest BCUT2D eigenvalue weighted by molar-refractivity contribution is -0.120. The van der Waals surface area contributed by atoms with Gasteiger partial charge >= 0.3 is 0 Å². The molecule has 21 heavy (non-hydrogen) atoms. The first-order valence-corrected chi connectivity index (χ1v) is 7.48. The first kappa shape index (κ1) is 17.6. The molecule has 0 radical (unpaired) electrons. The number of rotatable bonds is 8. The molecule has 1 rings (SSSR count). The number of amides is 2. The minimum Gasteiger partial charge on any atom is -0.356 e. The fourth-order valence-corrected chi connectivity index (χ4v) is 2.06. The summed E-state index contributed by atoms with van der Waals surface area (Å²) >= 11 is 3.19. The molecule has 3 N–H and O–H groups in total. The zero-order valence-electron chi connectivity index (χ0n) is 11.8. The van der Waals surface area contributed by atoms with E-state index in [4.69, 9.17) is 0 Å². The Labute approximate surface area is 131 Å². The Balaban J connectivity index is 2.30. The van der Waals surface area contributed by atoms with Crippen LogP contribution in [0.1, 0.15) is 23.2 Å². The van der Waals surface area contributed by atoms with E-state index in [1.807, 2.05) is 7.05 Å². The number of carbonyl (C=O) groups is 2. The van der Waals surface area contributed by atoms with Gasteiger partial charge in [0.25, 0.3) is 5.91 Å². The van der Waals surface area contributed by atoms with Gasteiger partial charge in [-0.2, -0.15) is 0 Å². The molecule has 1 aromatic carbocycles. The molecule has 7 heteroatoms. The molecular weight excluding hydrogens is 341 g/mol. The second-order valence-corrected chi connectivity index (χ2v) is 5.29. The van der Waals surface area contributed by atoms with Crippen molar-refractivity contribution in [3.63, 3.8) is 0 Å². The van der Waals surface area contributed by atoms with Crippen LogP contribution in [0.2, 0.25) is 0 Å². The molecule has 2 amide bonds. The molecule has 0 bridgehead atoms. The molecule has 0 atom stereocenters. The highest BCUT2D eigenvalue weighted by molar-refractivity contribution is 9.10. The number of halogens is 2. The molecule has 1 aromatic rings. The molecule has 0 saturated heterocycles. The van der Waals surface area contributed by atoms with E-state index in [0.29, 0.717) is 11.0 Å². The van der Waals surface area contributed by atoms with Gasteiger partial charge in [-0.1, -0.05) is 0 Å². The van der Waals surface area contributed by atoms with Gasteiger partial charge in [0.2, 0.25) is 5.91 Å². The summed E-state index contributed by atoms with van der Waals surface area (Å²) in [4.78, 5) is 23.3. The zero-order valence-corrected chi connectivity index (χ0v) is 13.4. The van der Waals surface area contributed by atoms with Gasteiger partial charge in [0.05, 0.1) is 5.56 Å². The van der Waals surface area contributed by atoms with Crippen molar-refractivity contribution in [2.24, 2.45) is 0 Å². The summed E-state index contributed by atoms with van der Waals surface area (Å²) in [5, 5.41) is 8.33. The number of benzene rings is 1. The third-order valence-electron chi connectivity index (χ3n) is 2.74. The Morgan fingerprint density at radius 3 is 2.67 bits per heavy atom. The summed E-state index contributed by atoms with van der Waals surface area (Å²) in [6.07, 6.45) is 1.04. The summed E-state index contributed by atoms with van der Waals surface area (Å²) in [7, 11) is 1.85. The lowest BCUT2D eigenvalue weighted by Crippen LogP contribution is -2.32. The smallest absolute Gasteiger partial charge is 0.252 e. The van der Waals surface area contributed by atoms with Crippen molar-refractivity contribution in [2.75, 3.05) is 26.7 Å². The molecular formula is C14H19BrFN3O2. The third kappa shape index (κ3) is 6.68. The topological polar surface area (TPSA) is 70.2 Å². The summed E-state index contributed by atoms with van der Waals surface area (Å²) in [6, 6.07) is 3.88. The predicted octanol–water partition coefficient (Wildman–Crippen LogP) is 1.43. The highest BCUT2D eigenvalue weighted by atomic mass is 79.9. The molecule has 0 aliphatic rings. The third-order valence-corrected chi connectivity index (χ3v) is 3.43. The van der Waals surface area contributed by atoms with E-state index < -0.39 is 11.7 Å². The minimum atomic E-state index is -0.481. The molecule has 0 saturated carbocycles. The normalized spacial score (nSPS) is 10.2. The monoisotopic (exact) mass is 359 g/mol. The maximum absolute atomic E-state index is 13.1. The Bertz CT molecular complexity index is 497. The molecule has 0 aromatic heterocycles. The second kappa shape index (κ2) is 9.46. The minimum absolute atomic E-state index is 0.121. The summed E-state index contributed by atoms with van der Waals surface area (Å²) in [5.74, 6) is -1.01. The highest BCUT2D eigenvalue weighted by Gasteiger charge is 2.11. The van der Waals surface area contributed by atoms with Crippen LogP contribution in [-0.2, 0) is 4.79 Å². The van der Waals surface area contributed by atoms with Crippen molar-refractivity contribution >= 4 is 27.7 Å². The quantitative estimate of drug-likeness (QED) is 0.615. The van der Waals surface area contributed by atoms with Gasteiger partial charge in [-0.15, -0.1) is 0 Å². The Morgan fingerprint density at radius 2 is 1.95 bits per heavy atom. The lowest BCUT2D eigenvalue weighted by Gasteiger charge is -2.08. The van der Waals surface area contributed by atoms with Gasteiger partial charge in [-0.3, -0.25) is 9.59 Å². The van der Waals surface area contributed by atoms with Crippen LogP contribution in [0.25, 0.3) is 0 Å². The number of nitrogens with one attached hydrogen (secondary N) is 3. The first-order valence-electron chi connectivity index (χ1n) is 6.69. The van der Waals surface area contributed by atoms with Crippen molar-refractivity contribution in [3.05, 3.63) is 34.1 Å². The highest BCUT2D eigenvalue weighted by Crippen LogP contribution is 2.17. The summed E-state index contributed by atoms with van der Waals surface area (Å²) in [6.45, 7) is 1.65. The molecule has 0 aliphatic carbocycles. The number of hydrogen-bond acceptors (Lipinski definition) is 3. The molecule has 5 nitrogen and oxygen atoms in total. The van der Waals surface area contributed by atoms with Gasteiger partial charge in [-0.05, 0) is 54.1 Å². The molecule has 0 aliphatic heterocycles. The van der Waals surface area contributed by atoms with Gasteiger partial charge < -0.3 is 16.0 Å². The van der Waals surface area contributed by atoms with Crippen molar-refractivity contribution in [3.8, 4) is 0 Å². The average Bonchev–Trinajstić information content (AvgIpc) is 2.46. The van der Waals surface area contributed by atoms with E-state index in [2.05, 4.69) is 31.9 Å². The maximum Gasteiger partial charge on any atom is 0.252 e. The van der Waals surface area contributed by atoms with Crippen LogP contribution in [0, 0.1) is 5.82 Å². The van der Waals surface area contributed by atoms with Crippen molar-refractivity contribution in [2.45, 2.75) is 12.8 Å². The van der Waals surface area contributed by atoms with E-state index in [1.54, 1.807) is 0 Å². The molecule has 0 spiro atoms. The first-order chi connectivity index (χ1) is 10.0. The van der Waals surface area contributed by atoms with Crippen molar-refractivity contribution in [1.82, 2.24) is 16.0 Å². The van der Waals surface area contributed by atoms with Gasteiger partial charge in [0.15, 0.2) is 0 Å². The summed E-state index contributed by atoms with van der Waals surface area (Å²) in [5.41, 5.74) is 0.212. The van der Waals surface area contributed by atoms with Gasteiger partial charge in [0.1, 0.15) is 5.82 Å². The maximum atomic E-state index is 13.1. The van der Waals surface area contributed by atoms with Crippen LogP contribution in [0.3, 0.4) is 0 Å². The van der Waals surface area contributed by atoms with Gasteiger partial charge in [0, 0.05) is 24.0 Å². The largest absolute Gasteiger partial charge is 0.356 e. The Morgan fingerprint density at radius 1 is 1.19 bits per heavy atom. The van der Waals surface area contributed by atoms with E-state index in [0.717, 1.165) is 19.0 Å². The van der Waals surface area contributed by atoms with Gasteiger partial charge in [-0.25, -0.2) is 4.39 Å². The molecule has 116 valence electrons. The Hall–Kier alpha value is -1.47. The van der Waals surface area contributed by atoms with Crippen LogP contribution in [0.15, 0.2) is 22.7 Å². The van der Waals surface area contributed by atoms with Crippen LogP contribution >= 0.6 is 15.9 Å². The molecule has 0 unspecified atom stereocenters. The van der Waals surface area contributed by atoms with Crippen LogP contribution < -0.4 is 16.0 Å². The molecule has 0 fully saturated rings. The SMILES string of the molecule is CNCCCNC(=O)CCNC(=O)c1cc(F)ccc1Br. The van der Waals surface area contributed by atoms with E-state index >= 15 is 0 Å². The van der Waals surface area contributed by atoms with Crippen LogP contribution in [-0.4, -0.2) is 38.5 Å². The van der Waals surface area contributed by atoms with Crippen molar-refractivity contribution < 1.29 is 14.0 Å². The standard InChI is InChI=1S/C14H19BrFN3O2/c1-17-6-2-7-18-13(20)5-8-19-14(21)11-9-10(16)3-4-12(11)15/h3-4,9,17H,2,5-8H2,1H3,(H,18,20)(H,19,21). The lowest BCUT2D eigenvalue weighted by atomic mass is 10.2. The van der Waals surface area contributed by atoms with Crippen molar-refractivity contribution in [1.29, 1.82) is 0 Å². The summed E-state index contributed by atoms with van der Waals surface area (Å²) < 4.78 is 13.6. The molecule has 0 heterocycles. The Kier molecular flexibility index (Phi) is 7.92. The fraction of sp³-hybridized carbons (Fsp3) is 0.429. The fourth-order valence-electron chi connectivity index (χ4n) is 1.64. The predicted molar refractivity (Wildman–Crippen MR) is 82.6 cm³/mol. The number of carbonyl (C=O) groups excluding carboxylic acids is 2. The zero-order chi connectivity index (χ0) is 15.7. The van der Waals surface area contributed by atoms with Crippen LogP contribution in [0.5, 0.6) is 0 Å². The van der Waals surface area contributed by atoms with E-state index in [9.17, 15) is 14.0 Å². The van der Waals surface area contributed by atoms with E-state index in [1.165, 1.54) is 12.1 Å². The van der Waals surface area contributed by atoms with Crippen LogP contribution in [0.4, 0.5) is 4.39 Å². The second-order valence-electron chi connectivity index (χ2n) is 4.44. The average molecular weight is 360 g/mol. The number of hydrogen-bond donors (Lipinski definition) is 3.